The van der Waals surface area contributed by atoms with Gasteiger partial charge < -0.3 is 19.3 Å². The van der Waals surface area contributed by atoms with Crippen LogP contribution in [-0.4, -0.2) is 58.3 Å². The summed E-state index contributed by atoms with van der Waals surface area (Å²) in [5.74, 6) is 0.0346. The second-order valence-corrected chi connectivity index (χ2v) is 10.6. The Morgan fingerprint density at radius 1 is 1.28 bits per heavy atom. The van der Waals surface area contributed by atoms with Crippen molar-refractivity contribution in [3.8, 4) is 0 Å². The van der Waals surface area contributed by atoms with Crippen molar-refractivity contribution in [1.82, 2.24) is 9.13 Å². The number of aliphatic imine (C=N–C) groups is 1. The van der Waals surface area contributed by atoms with Gasteiger partial charge in [0.05, 0.1) is 30.3 Å². The summed E-state index contributed by atoms with van der Waals surface area (Å²) >= 11 is 0. The molecule has 0 bridgehead atoms. The van der Waals surface area contributed by atoms with Gasteiger partial charge in [-0.05, 0) is 64.2 Å². The van der Waals surface area contributed by atoms with Crippen molar-refractivity contribution in [2.24, 2.45) is 23.9 Å². The summed E-state index contributed by atoms with van der Waals surface area (Å²) in [4.78, 5) is 31.4. The smallest absolute Gasteiger partial charge is 0.332 e. The molecule has 3 heterocycles. The van der Waals surface area contributed by atoms with Gasteiger partial charge in [0.15, 0.2) is 6.29 Å². The predicted octanol–water partition coefficient (Wildman–Crippen LogP) is 3.04. The number of rotatable bonds is 9. The summed E-state index contributed by atoms with van der Waals surface area (Å²) in [5, 5.41) is 11.6. The van der Waals surface area contributed by atoms with Gasteiger partial charge in [0.2, 0.25) is 0 Å². The first kappa shape index (κ1) is 27.0. The largest absolute Gasteiger partial charge is 0.392 e. The van der Waals surface area contributed by atoms with E-state index in [4.69, 9.17) is 14.2 Å². The maximum atomic E-state index is 13.8. The third-order valence-corrected chi connectivity index (χ3v) is 7.41. The van der Waals surface area contributed by atoms with Crippen LogP contribution in [0, 0.1) is 11.8 Å². The molecule has 6 atom stereocenters. The molecule has 9 nitrogen and oxygen atoms in total. The normalized spacial score (nSPS) is 28.9. The van der Waals surface area contributed by atoms with E-state index in [1.54, 1.807) is 13.3 Å². The van der Waals surface area contributed by atoms with Gasteiger partial charge >= 0.3 is 5.69 Å². The van der Waals surface area contributed by atoms with E-state index in [2.05, 4.69) is 24.1 Å². The van der Waals surface area contributed by atoms with E-state index in [0.29, 0.717) is 36.9 Å². The van der Waals surface area contributed by atoms with Crippen LogP contribution < -0.4 is 11.2 Å². The Morgan fingerprint density at radius 3 is 2.78 bits per heavy atom. The molecular weight excluding hydrogens is 462 g/mol. The van der Waals surface area contributed by atoms with Gasteiger partial charge in [0.1, 0.15) is 11.9 Å². The molecule has 0 aromatic carbocycles. The minimum absolute atomic E-state index is 0.0124. The number of hydrogen-bond acceptors (Lipinski definition) is 7. The Hall–Kier alpha value is -2.07. The van der Waals surface area contributed by atoms with Crippen molar-refractivity contribution in [2.75, 3.05) is 13.2 Å². The van der Waals surface area contributed by atoms with Crippen molar-refractivity contribution in [3.63, 3.8) is 0 Å². The minimum Gasteiger partial charge on any atom is -0.392 e. The van der Waals surface area contributed by atoms with Gasteiger partial charge in [0.25, 0.3) is 5.56 Å². The Kier molecular flexibility index (Phi) is 8.98. The van der Waals surface area contributed by atoms with Crippen molar-refractivity contribution < 1.29 is 19.3 Å². The Bertz CT molecular complexity index is 1070. The molecule has 2 aliphatic heterocycles. The molecular formula is C27H41N3O6. The zero-order valence-electron chi connectivity index (χ0n) is 22.0. The fourth-order valence-corrected chi connectivity index (χ4v) is 5.62. The monoisotopic (exact) mass is 503 g/mol. The molecule has 0 saturated carbocycles. The zero-order chi connectivity index (χ0) is 25.8. The fraction of sp³-hybridized carbons (Fsp3) is 0.741. The summed E-state index contributed by atoms with van der Waals surface area (Å²) in [7, 11) is 1.62. The number of allylic oxidation sites excluding steroid dienone is 2. The fourth-order valence-electron chi connectivity index (χ4n) is 5.62. The van der Waals surface area contributed by atoms with E-state index in [9.17, 15) is 14.7 Å². The highest BCUT2D eigenvalue weighted by molar-refractivity contribution is 5.73. The van der Waals surface area contributed by atoms with Gasteiger partial charge in [-0.25, -0.2) is 9.79 Å². The summed E-state index contributed by atoms with van der Waals surface area (Å²) < 4.78 is 20.2. The molecule has 1 saturated heterocycles. The highest BCUT2D eigenvalue weighted by Gasteiger charge is 2.42. The first-order valence-corrected chi connectivity index (χ1v) is 13.4. The van der Waals surface area contributed by atoms with E-state index in [0.717, 1.165) is 32.1 Å². The number of fused-ring (bicyclic) bond motifs is 1. The van der Waals surface area contributed by atoms with Crippen LogP contribution in [0.1, 0.15) is 70.8 Å². The third-order valence-electron chi connectivity index (χ3n) is 7.41. The SMILES string of the molecule is CC1C=CCC(C(O)C2c3c(n(C)c(=O)n(CCCOC4CCCCO4)c3=O)N=CC2OC(C)C)C1. The number of aliphatic hydroxyl groups is 1. The number of aliphatic hydroxyl groups excluding tert-OH is 1. The maximum absolute atomic E-state index is 13.8. The van der Waals surface area contributed by atoms with E-state index >= 15 is 0 Å². The van der Waals surface area contributed by atoms with Crippen LogP contribution in [0.15, 0.2) is 26.7 Å². The number of nitrogens with zero attached hydrogens (tertiary/aromatic N) is 3. The molecule has 0 amide bonds. The molecule has 0 radical (unpaired) electrons. The third kappa shape index (κ3) is 5.90. The number of ether oxygens (including phenoxy) is 3. The second kappa shape index (κ2) is 12.0. The van der Waals surface area contributed by atoms with Crippen molar-refractivity contribution >= 4 is 12.0 Å². The van der Waals surface area contributed by atoms with Crippen molar-refractivity contribution in [3.05, 3.63) is 38.6 Å². The van der Waals surface area contributed by atoms with Crippen LogP contribution in [0.3, 0.4) is 0 Å². The van der Waals surface area contributed by atoms with Gasteiger partial charge in [0, 0.05) is 26.4 Å². The number of aromatic nitrogens is 2. The average molecular weight is 504 g/mol. The highest BCUT2D eigenvalue weighted by Crippen LogP contribution is 2.39. The van der Waals surface area contributed by atoms with Crippen LogP contribution in [-0.2, 0) is 27.8 Å². The first-order chi connectivity index (χ1) is 17.3. The van der Waals surface area contributed by atoms with Crippen LogP contribution in [0.5, 0.6) is 0 Å². The quantitative estimate of drug-likeness (QED) is 0.410. The van der Waals surface area contributed by atoms with Crippen LogP contribution in [0.2, 0.25) is 0 Å². The molecule has 1 N–H and O–H groups in total. The highest BCUT2D eigenvalue weighted by atomic mass is 16.7. The molecule has 4 rings (SSSR count). The minimum atomic E-state index is -0.808. The molecule has 1 aliphatic carbocycles. The topological polar surface area (TPSA) is 104 Å². The maximum Gasteiger partial charge on any atom is 0.332 e. The molecule has 1 aromatic rings. The molecule has 6 unspecified atom stereocenters. The molecule has 1 aromatic heterocycles. The molecule has 9 heteroatoms. The average Bonchev–Trinajstić information content (AvgIpc) is 2.86. The van der Waals surface area contributed by atoms with Crippen LogP contribution in [0.4, 0.5) is 5.82 Å². The standard InChI is InChI=1S/C27H41N3O6/c1-17(2)36-20-16-28-25-23(22(20)24(31)19-10-7-9-18(3)15-19)26(32)30(27(33)29(25)4)12-8-14-35-21-11-5-6-13-34-21/h7,9,16-22,24,31H,5-6,8,10-15H2,1-4H3. The Morgan fingerprint density at radius 2 is 2.08 bits per heavy atom. The lowest BCUT2D eigenvalue weighted by molar-refractivity contribution is -0.163. The molecule has 200 valence electrons. The van der Waals surface area contributed by atoms with Gasteiger partial charge in [-0.2, -0.15) is 0 Å². The summed E-state index contributed by atoms with van der Waals surface area (Å²) in [6.07, 6.45) is 9.28. The molecule has 1 fully saturated rings. The Labute approximate surface area is 212 Å². The van der Waals surface area contributed by atoms with E-state index in [-0.39, 0.29) is 24.9 Å². The number of hydrogen-bond donors (Lipinski definition) is 1. The van der Waals surface area contributed by atoms with Gasteiger partial charge in [-0.15, -0.1) is 0 Å². The molecule has 0 spiro atoms. The second-order valence-electron chi connectivity index (χ2n) is 10.6. The van der Waals surface area contributed by atoms with E-state index in [1.165, 1.54) is 9.13 Å². The summed E-state index contributed by atoms with van der Waals surface area (Å²) in [6.45, 7) is 7.30. The van der Waals surface area contributed by atoms with Gasteiger partial charge in [-0.3, -0.25) is 13.9 Å². The van der Waals surface area contributed by atoms with E-state index in [1.807, 2.05) is 13.8 Å². The lowest BCUT2D eigenvalue weighted by Crippen LogP contribution is -2.48. The van der Waals surface area contributed by atoms with E-state index < -0.39 is 29.4 Å². The predicted molar refractivity (Wildman–Crippen MR) is 138 cm³/mol. The van der Waals surface area contributed by atoms with Crippen LogP contribution in [0.25, 0.3) is 0 Å². The zero-order valence-corrected chi connectivity index (χ0v) is 22.0. The lowest BCUT2D eigenvalue weighted by atomic mass is 9.75. The summed E-state index contributed by atoms with van der Waals surface area (Å²) in [6, 6.07) is 0. The molecule has 36 heavy (non-hydrogen) atoms. The van der Waals surface area contributed by atoms with Crippen molar-refractivity contribution in [2.45, 2.75) is 96.4 Å². The summed E-state index contributed by atoms with van der Waals surface area (Å²) in [5.41, 5.74) is -0.466. The Balaban J connectivity index is 1.63. The van der Waals surface area contributed by atoms with Gasteiger partial charge in [-0.1, -0.05) is 19.1 Å². The van der Waals surface area contributed by atoms with Crippen LogP contribution >= 0.6 is 0 Å². The molecule has 3 aliphatic rings. The lowest BCUT2D eigenvalue weighted by Gasteiger charge is -2.38. The first-order valence-electron chi connectivity index (χ1n) is 13.4. The van der Waals surface area contributed by atoms with Crippen molar-refractivity contribution in [1.29, 1.82) is 0 Å².